The molecule has 4 aromatic rings. The second-order valence-corrected chi connectivity index (χ2v) is 13.9. The molecule has 0 saturated heterocycles. The first kappa shape index (κ1) is 28.0. The van der Waals surface area contributed by atoms with Gasteiger partial charge in [0.05, 0.1) is 9.79 Å². The van der Waals surface area contributed by atoms with Gasteiger partial charge in [-0.15, -0.1) is 0 Å². The largest absolute Gasteiger partial charge is 0.244 e. The summed E-state index contributed by atoms with van der Waals surface area (Å²) in [7, 11) is -7.20. The Labute approximate surface area is 230 Å². The highest BCUT2D eigenvalue weighted by Gasteiger charge is 2.29. The molecule has 4 rings (SSSR count). The molecule has 0 bridgehead atoms. The summed E-state index contributed by atoms with van der Waals surface area (Å²) in [4.78, 5) is 0.560. The number of aryl methyl sites for hydroxylation is 3. The van der Waals surface area contributed by atoms with Gasteiger partial charge < -0.3 is 0 Å². The van der Waals surface area contributed by atoms with Crippen molar-refractivity contribution >= 4 is 31.5 Å². The van der Waals surface area contributed by atoms with Crippen LogP contribution in [0.15, 0.2) is 94.7 Å². The lowest BCUT2D eigenvalue weighted by atomic mass is 10.0. The molecular formula is C30H30ClNO4S2. The van der Waals surface area contributed by atoms with E-state index in [1.54, 1.807) is 24.3 Å². The molecule has 0 aliphatic rings. The number of hydrogen-bond acceptors (Lipinski definition) is 4. The first-order valence-electron chi connectivity index (χ1n) is 12.1. The van der Waals surface area contributed by atoms with Crippen LogP contribution in [0.4, 0.5) is 0 Å². The Kier molecular flexibility index (Phi) is 8.14. The molecule has 0 saturated carbocycles. The van der Waals surface area contributed by atoms with Gasteiger partial charge in [0.1, 0.15) is 0 Å². The molecule has 4 aromatic carbocycles. The van der Waals surface area contributed by atoms with E-state index in [0.717, 1.165) is 27.8 Å². The van der Waals surface area contributed by atoms with Gasteiger partial charge in [-0.2, -0.15) is 4.31 Å². The van der Waals surface area contributed by atoms with Gasteiger partial charge in [-0.25, -0.2) is 16.8 Å². The fourth-order valence-electron chi connectivity index (χ4n) is 4.66. The zero-order chi connectivity index (χ0) is 27.7. The number of sulfonamides is 1. The predicted molar refractivity (Wildman–Crippen MR) is 154 cm³/mol. The molecule has 0 atom stereocenters. The van der Waals surface area contributed by atoms with Crippen LogP contribution in [0.2, 0.25) is 5.02 Å². The third-order valence-corrected chi connectivity index (χ3v) is 9.99. The van der Waals surface area contributed by atoms with E-state index < -0.39 is 19.9 Å². The third-order valence-electron chi connectivity index (χ3n) is 6.42. The molecule has 0 aliphatic carbocycles. The van der Waals surface area contributed by atoms with Crippen LogP contribution < -0.4 is 0 Å². The van der Waals surface area contributed by atoms with E-state index in [0.29, 0.717) is 21.0 Å². The molecule has 0 N–H and O–H groups in total. The standard InChI is InChI=1S/C30H30ClNO4S2/c1-21-16-22(2)30(23(3)17-21)38(35,36)32(20-27-8-5-6-11-29(27)31)19-24-12-14-25(15-13-24)26-9-7-10-28(18-26)37(4,33)34/h5-18H,19-20H2,1-4H3. The smallest absolute Gasteiger partial charge is 0.224 e. The average Bonchev–Trinajstić information content (AvgIpc) is 2.84. The molecule has 0 amide bonds. The Bertz CT molecular complexity index is 1670. The van der Waals surface area contributed by atoms with E-state index in [2.05, 4.69) is 0 Å². The summed E-state index contributed by atoms with van der Waals surface area (Å²) in [5.74, 6) is 0. The molecule has 0 aromatic heterocycles. The van der Waals surface area contributed by atoms with Crippen molar-refractivity contribution in [2.24, 2.45) is 0 Å². The van der Waals surface area contributed by atoms with Gasteiger partial charge in [-0.1, -0.05) is 83.9 Å². The quantitative estimate of drug-likeness (QED) is 0.237. The second kappa shape index (κ2) is 11.0. The van der Waals surface area contributed by atoms with Crippen LogP contribution in [0.25, 0.3) is 11.1 Å². The van der Waals surface area contributed by atoms with Crippen LogP contribution in [0.3, 0.4) is 0 Å². The normalized spacial score (nSPS) is 12.2. The predicted octanol–water partition coefficient (Wildman–Crippen LogP) is 6.73. The molecule has 0 aliphatic heterocycles. The van der Waals surface area contributed by atoms with E-state index >= 15 is 0 Å². The number of halogens is 1. The number of hydrogen-bond donors (Lipinski definition) is 0. The Morgan fingerprint density at radius 2 is 1.34 bits per heavy atom. The zero-order valence-corrected chi connectivity index (χ0v) is 24.2. The topological polar surface area (TPSA) is 71.5 Å². The highest BCUT2D eigenvalue weighted by Crippen LogP contribution is 2.30. The number of nitrogens with zero attached hydrogens (tertiary/aromatic N) is 1. The van der Waals surface area contributed by atoms with Gasteiger partial charge >= 0.3 is 0 Å². The Morgan fingerprint density at radius 3 is 1.95 bits per heavy atom. The van der Waals surface area contributed by atoms with Crippen LogP contribution >= 0.6 is 11.6 Å². The van der Waals surface area contributed by atoms with Crippen LogP contribution in [-0.2, 0) is 33.0 Å². The third kappa shape index (κ3) is 6.18. The van der Waals surface area contributed by atoms with Crippen molar-refractivity contribution in [2.45, 2.75) is 43.7 Å². The van der Waals surface area contributed by atoms with Crippen molar-refractivity contribution in [1.29, 1.82) is 0 Å². The lowest BCUT2D eigenvalue weighted by Gasteiger charge is -2.25. The van der Waals surface area contributed by atoms with Crippen molar-refractivity contribution in [2.75, 3.05) is 6.26 Å². The molecule has 0 unspecified atom stereocenters. The first-order valence-corrected chi connectivity index (χ1v) is 15.8. The molecule has 0 spiro atoms. The maximum atomic E-state index is 14.1. The molecule has 198 valence electrons. The van der Waals surface area contributed by atoms with Crippen LogP contribution in [0.5, 0.6) is 0 Å². The van der Waals surface area contributed by atoms with Gasteiger partial charge in [0.2, 0.25) is 10.0 Å². The maximum absolute atomic E-state index is 14.1. The summed E-state index contributed by atoms with van der Waals surface area (Å²) in [5.41, 5.74) is 5.53. The summed E-state index contributed by atoms with van der Waals surface area (Å²) in [6, 6.07) is 25.3. The van der Waals surface area contributed by atoms with Crippen molar-refractivity contribution in [3.63, 3.8) is 0 Å². The van der Waals surface area contributed by atoms with E-state index in [1.165, 1.54) is 10.6 Å². The molecule has 38 heavy (non-hydrogen) atoms. The SMILES string of the molecule is Cc1cc(C)c(S(=O)(=O)N(Cc2ccc(-c3cccc(S(C)(=O)=O)c3)cc2)Cc2ccccc2Cl)c(C)c1. The highest BCUT2D eigenvalue weighted by molar-refractivity contribution is 7.90. The second-order valence-electron chi connectivity index (χ2n) is 9.59. The number of sulfone groups is 1. The highest BCUT2D eigenvalue weighted by atomic mass is 35.5. The van der Waals surface area contributed by atoms with Crippen LogP contribution in [0.1, 0.15) is 27.8 Å². The van der Waals surface area contributed by atoms with Crippen LogP contribution in [0, 0.1) is 20.8 Å². The van der Waals surface area contributed by atoms with E-state index in [1.807, 2.05) is 81.4 Å². The Balaban J connectivity index is 1.71. The van der Waals surface area contributed by atoms with Crippen molar-refractivity contribution in [3.8, 4) is 11.1 Å². The van der Waals surface area contributed by atoms with Crippen LogP contribution in [-0.4, -0.2) is 27.4 Å². The van der Waals surface area contributed by atoms with Crippen molar-refractivity contribution in [1.82, 2.24) is 4.31 Å². The van der Waals surface area contributed by atoms with Gasteiger partial charge in [0, 0.05) is 24.4 Å². The molecule has 0 radical (unpaired) electrons. The Hall–Kier alpha value is -2.97. The van der Waals surface area contributed by atoms with Gasteiger partial charge in [0.25, 0.3) is 0 Å². The lowest BCUT2D eigenvalue weighted by molar-refractivity contribution is 0.400. The number of rotatable bonds is 8. The van der Waals surface area contributed by atoms with Gasteiger partial charge in [-0.05, 0) is 72.4 Å². The fourth-order valence-corrected chi connectivity index (χ4v) is 7.34. The lowest BCUT2D eigenvalue weighted by Crippen LogP contribution is -2.31. The fraction of sp³-hybridized carbons (Fsp3) is 0.200. The minimum absolute atomic E-state index is 0.118. The summed E-state index contributed by atoms with van der Waals surface area (Å²) in [6.07, 6.45) is 1.18. The minimum Gasteiger partial charge on any atom is -0.224 e. The molecule has 0 heterocycles. The zero-order valence-electron chi connectivity index (χ0n) is 21.8. The van der Waals surface area contributed by atoms with Gasteiger partial charge in [0.15, 0.2) is 9.84 Å². The molecule has 5 nitrogen and oxygen atoms in total. The maximum Gasteiger partial charge on any atom is 0.244 e. The Morgan fingerprint density at radius 1 is 0.711 bits per heavy atom. The summed E-state index contributed by atoms with van der Waals surface area (Å²) in [6.45, 7) is 5.85. The molecule has 0 fully saturated rings. The van der Waals surface area contributed by atoms with Crippen molar-refractivity contribution in [3.05, 3.63) is 118 Å². The first-order chi connectivity index (χ1) is 17.9. The van der Waals surface area contributed by atoms with Gasteiger partial charge in [-0.3, -0.25) is 0 Å². The minimum atomic E-state index is -3.87. The summed E-state index contributed by atoms with van der Waals surface area (Å²) >= 11 is 6.42. The van der Waals surface area contributed by atoms with Crippen molar-refractivity contribution < 1.29 is 16.8 Å². The summed E-state index contributed by atoms with van der Waals surface area (Å²) in [5, 5.41) is 0.506. The average molecular weight is 568 g/mol. The molecular weight excluding hydrogens is 538 g/mol. The monoisotopic (exact) mass is 567 g/mol. The van der Waals surface area contributed by atoms with E-state index in [9.17, 15) is 16.8 Å². The molecule has 8 heteroatoms. The van der Waals surface area contributed by atoms with E-state index in [-0.39, 0.29) is 18.0 Å². The summed E-state index contributed by atoms with van der Waals surface area (Å²) < 4.78 is 53.5. The number of benzene rings is 4. The van der Waals surface area contributed by atoms with E-state index in [4.69, 9.17) is 11.6 Å².